The molecular weight excluding hydrogens is 422 g/mol. The van der Waals surface area contributed by atoms with Gasteiger partial charge in [-0.25, -0.2) is 18.1 Å². The monoisotopic (exact) mass is 453 g/mol. The first-order valence-electron chi connectivity index (χ1n) is 10.9. The maximum atomic E-state index is 13.2. The second-order valence-corrected chi connectivity index (χ2v) is 11.2. The number of aromatic nitrogens is 3. The summed E-state index contributed by atoms with van der Waals surface area (Å²) in [5.41, 5.74) is 4.10. The fraction of sp³-hybridized carbons (Fsp3) is 0.417. The fourth-order valence-electron chi connectivity index (χ4n) is 4.22. The van der Waals surface area contributed by atoms with Gasteiger partial charge in [0.2, 0.25) is 10.0 Å². The van der Waals surface area contributed by atoms with Crippen molar-refractivity contribution in [3.8, 4) is 5.82 Å². The molecule has 0 atom stereocenters. The third kappa shape index (κ3) is 4.17. The van der Waals surface area contributed by atoms with Gasteiger partial charge in [-0.15, -0.1) is 0 Å². The number of benzene rings is 1. The Morgan fingerprint density at radius 2 is 1.56 bits per heavy atom. The van der Waals surface area contributed by atoms with Crippen LogP contribution >= 0.6 is 0 Å². The molecule has 0 aliphatic carbocycles. The van der Waals surface area contributed by atoms with Gasteiger partial charge in [-0.05, 0) is 49.1 Å². The SMILES string of the molecule is Cc1nn(-c2ccccn2)c(C)c1N1CCN(S(=O)(=O)c2ccc(C(C)(C)C)cc2)CC1. The summed E-state index contributed by atoms with van der Waals surface area (Å²) in [5, 5.41) is 4.68. The van der Waals surface area contributed by atoms with Gasteiger partial charge in [0, 0.05) is 32.4 Å². The van der Waals surface area contributed by atoms with Crippen molar-refractivity contribution >= 4 is 15.7 Å². The zero-order valence-electron chi connectivity index (χ0n) is 19.4. The second-order valence-electron chi connectivity index (χ2n) is 9.28. The van der Waals surface area contributed by atoms with Crippen LogP contribution in [0, 0.1) is 13.8 Å². The van der Waals surface area contributed by atoms with Crippen LogP contribution in [0.5, 0.6) is 0 Å². The lowest BCUT2D eigenvalue weighted by Crippen LogP contribution is -2.49. The molecule has 170 valence electrons. The van der Waals surface area contributed by atoms with E-state index in [0.717, 1.165) is 28.5 Å². The number of piperazine rings is 1. The minimum Gasteiger partial charge on any atom is -0.366 e. The van der Waals surface area contributed by atoms with E-state index in [9.17, 15) is 8.42 Å². The van der Waals surface area contributed by atoms with Gasteiger partial charge >= 0.3 is 0 Å². The normalized spacial score (nSPS) is 15.8. The van der Waals surface area contributed by atoms with Crippen molar-refractivity contribution in [1.29, 1.82) is 0 Å². The van der Waals surface area contributed by atoms with E-state index in [1.54, 1.807) is 22.6 Å². The van der Waals surface area contributed by atoms with Crippen LogP contribution in [0.25, 0.3) is 5.82 Å². The summed E-state index contributed by atoms with van der Waals surface area (Å²) in [5.74, 6) is 0.777. The van der Waals surface area contributed by atoms with Crippen LogP contribution in [0.2, 0.25) is 0 Å². The molecule has 0 spiro atoms. The molecule has 3 aromatic rings. The number of pyridine rings is 1. The summed E-state index contributed by atoms with van der Waals surface area (Å²) in [6.45, 7) is 12.5. The topological polar surface area (TPSA) is 71.3 Å². The summed E-state index contributed by atoms with van der Waals surface area (Å²) >= 11 is 0. The zero-order chi connectivity index (χ0) is 23.1. The maximum absolute atomic E-state index is 13.2. The van der Waals surface area contributed by atoms with E-state index in [-0.39, 0.29) is 5.41 Å². The average molecular weight is 454 g/mol. The van der Waals surface area contributed by atoms with Crippen LogP contribution in [0.3, 0.4) is 0 Å². The summed E-state index contributed by atoms with van der Waals surface area (Å²) in [6, 6.07) is 13.0. The number of sulfonamides is 1. The molecule has 1 saturated heterocycles. The number of hydrogen-bond donors (Lipinski definition) is 0. The molecule has 0 amide bonds. The number of anilines is 1. The number of nitrogens with zero attached hydrogens (tertiary/aromatic N) is 5. The third-order valence-electron chi connectivity index (χ3n) is 6.03. The van der Waals surface area contributed by atoms with Crippen molar-refractivity contribution in [1.82, 2.24) is 19.1 Å². The maximum Gasteiger partial charge on any atom is 0.243 e. The van der Waals surface area contributed by atoms with E-state index in [1.807, 2.05) is 48.9 Å². The molecule has 1 aliphatic heterocycles. The van der Waals surface area contributed by atoms with E-state index in [2.05, 4.69) is 35.8 Å². The van der Waals surface area contributed by atoms with Gasteiger partial charge in [-0.2, -0.15) is 9.40 Å². The number of hydrogen-bond acceptors (Lipinski definition) is 5. The van der Waals surface area contributed by atoms with Gasteiger partial charge in [0.25, 0.3) is 0 Å². The number of rotatable bonds is 4. The molecule has 0 bridgehead atoms. The quantitative estimate of drug-likeness (QED) is 0.602. The molecular formula is C24H31N5O2S. The minimum atomic E-state index is -3.51. The van der Waals surface area contributed by atoms with Crippen LogP contribution in [0.15, 0.2) is 53.6 Å². The summed E-state index contributed by atoms with van der Waals surface area (Å²) in [7, 11) is -3.51. The van der Waals surface area contributed by atoms with E-state index in [1.165, 1.54) is 0 Å². The predicted octanol–water partition coefficient (Wildman–Crippen LogP) is 3.69. The van der Waals surface area contributed by atoms with E-state index < -0.39 is 10.0 Å². The number of aryl methyl sites for hydroxylation is 1. The molecule has 32 heavy (non-hydrogen) atoms. The van der Waals surface area contributed by atoms with Gasteiger partial charge in [-0.1, -0.05) is 39.0 Å². The zero-order valence-corrected chi connectivity index (χ0v) is 20.2. The molecule has 0 radical (unpaired) electrons. The van der Waals surface area contributed by atoms with Crippen molar-refractivity contribution in [2.24, 2.45) is 0 Å². The minimum absolute atomic E-state index is 0.0106. The molecule has 0 saturated carbocycles. The van der Waals surface area contributed by atoms with E-state index in [0.29, 0.717) is 31.1 Å². The molecule has 1 aromatic carbocycles. The molecule has 3 heterocycles. The molecule has 8 heteroatoms. The van der Waals surface area contributed by atoms with Crippen LogP contribution in [0.4, 0.5) is 5.69 Å². The third-order valence-corrected chi connectivity index (χ3v) is 7.95. The highest BCUT2D eigenvalue weighted by Gasteiger charge is 2.31. The molecule has 0 N–H and O–H groups in total. The van der Waals surface area contributed by atoms with E-state index in [4.69, 9.17) is 0 Å². The summed E-state index contributed by atoms with van der Waals surface area (Å²) in [4.78, 5) is 6.99. The van der Waals surface area contributed by atoms with Crippen LogP contribution in [0.1, 0.15) is 37.7 Å². The van der Waals surface area contributed by atoms with Crippen LogP contribution < -0.4 is 4.90 Å². The van der Waals surface area contributed by atoms with E-state index >= 15 is 0 Å². The first kappa shape index (κ1) is 22.5. The van der Waals surface area contributed by atoms with Crippen molar-refractivity contribution in [2.75, 3.05) is 31.1 Å². The van der Waals surface area contributed by atoms with Crippen molar-refractivity contribution in [2.45, 2.75) is 44.9 Å². The Morgan fingerprint density at radius 3 is 2.12 bits per heavy atom. The van der Waals surface area contributed by atoms with Gasteiger partial charge in [0.1, 0.15) is 0 Å². The molecule has 7 nitrogen and oxygen atoms in total. The standard InChI is InChI=1S/C24H31N5O2S/c1-18-23(19(2)29(26-18)22-8-6-7-13-25-22)27-14-16-28(17-15-27)32(30,31)21-11-9-20(10-12-21)24(3,4)5/h6-13H,14-17H2,1-5H3. The lowest BCUT2D eigenvalue weighted by Gasteiger charge is -2.35. The van der Waals surface area contributed by atoms with Gasteiger partial charge < -0.3 is 4.90 Å². The van der Waals surface area contributed by atoms with Crippen molar-refractivity contribution in [3.05, 3.63) is 65.6 Å². The highest BCUT2D eigenvalue weighted by atomic mass is 32.2. The Bertz CT molecular complexity index is 1190. The predicted molar refractivity (Wildman–Crippen MR) is 127 cm³/mol. The lowest BCUT2D eigenvalue weighted by molar-refractivity contribution is 0.384. The van der Waals surface area contributed by atoms with Crippen LogP contribution in [-0.4, -0.2) is 53.7 Å². The largest absolute Gasteiger partial charge is 0.366 e. The Balaban J connectivity index is 1.50. The molecule has 1 fully saturated rings. The average Bonchev–Trinajstić information content (AvgIpc) is 3.08. The second kappa shape index (κ2) is 8.33. The Hall–Kier alpha value is -2.71. The lowest BCUT2D eigenvalue weighted by atomic mass is 9.87. The van der Waals surface area contributed by atoms with Crippen molar-refractivity contribution in [3.63, 3.8) is 0 Å². The van der Waals surface area contributed by atoms with Crippen LogP contribution in [-0.2, 0) is 15.4 Å². The van der Waals surface area contributed by atoms with Gasteiger partial charge in [0.05, 0.1) is 22.0 Å². The fourth-order valence-corrected chi connectivity index (χ4v) is 5.64. The first-order valence-corrected chi connectivity index (χ1v) is 12.4. The highest BCUT2D eigenvalue weighted by molar-refractivity contribution is 7.89. The molecule has 2 aromatic heterocycles. The first-order chi connectivity index (χ1) is 15.1. The smallest absolute Gasteiger partial charge is 0.243 e. The van der Waals surface area contributed by atoms with Gasteiger partial charge in [0.15, 0.2) is 5.82 Å². The Morgan fingerprint density at radius 1 is 0.906 bits per heavy atom. The molecule has 4 rings (SSSR count). The Labute approximate surface area is 190 Å². The highest BCUT2D eigenvalue weighted by Crippen LogP contribution is 2.29. The molecule has 1 aliphatic rings. The van der Waals surface area contributed by atoms with Gasteiger partial charge in [-0.3, -0.25) is 0 Å². The summed E-state index contributed by atoms with van der Waals surface area (Å²) < 4.78 is 29.8. The molecule has 0 unspecified atom stereocenters. The summed E-state index contributed by atoms with van der Waals surface area (Å²) in [6.07, 6.45) is 1.75. The Kier molecular flexibility index (Phi) is 5.85. The van der Waals surface area contributed by atoms with Crippen molar-refractivity contribution < 1.29 is 8.42 Å².